The summed E-state index contributed by atoms with van der Waals surface area (Å²) >= 11 is 7.38. The summed E-state index contributed by atoms with van der Waals surface area (Å²) in [6.07, 6.45) is 1.48. The predicted octanol–water partition coefficient (Wildman–Crippen LogP) is 6.16. The van der Waals surface area contributed by atoms with Crippen molar-refractivity contribution in [3.8, 4) is 5.75 Å². The summed E-state index contributed by atoms with van der Waals surface area (Å²) in [4.78, 5) is 17.3. The van der Waals surface area contributed by atoms with Gasteiger partial charge in [-0.15, -0.1) is 16.4 Å². The molecule has 5 rings (SSSR count). The lowest BCUT2D eigenvalue weighted by Crippen LogP contribution is -2.12. The minimum Gasteiger partial charge on any atom is -0.489 e. The van der Waals surface area contributed by atoms with Crippen LogP contribution in [-0.4, -0.2) is 20.7 Å². The molecule has 0 aliphatic carbocycles. The van der Waals surface area contributed by atoms with Crippen LogP contribution in [0.3, 0.4) is 0 Å². The third-order valence-electron chi connectivity index (χ3n) is 5.11. The fourth-order valence-electron chi connectivity index (χ4n) is 3.41. The van der Waals surface area contributed by atoms with Crippen LogP contribution in [0.1, 0.15) is 20.8 Å². The number of halogens is 2. The first-order valence-corrected chi connectivity index (χ1v) is 11.6. The summed E-state index contributed by atoms with van der Waals surface area (Å²) in [5.74, 6) is 0.232. The van der Waals surface area contributed by atoms with Crippen molar-refractivity contribution in [1.29, 1.82) is 0 Å². The first-order valence-electron chi connectivity index (χ1n) is 10.4. The second-order valence-corrected chi connectivity index (χ2v) is 8.89. The molecule has 6 nitrogen and oxygen atoms in total. The molecule has 5 aromatic rings. The van der Waals surface area contributed by atoms with Crippen LogP contribution in [0.15, 0.2) is 78.4 Å². The Balaban J connectivity index is 1.18. The van der Waals surface area contributed by atoms with Gasteiger partial charge in [-0.1, -0.05) is 48.0 Å². The number of carbonyl (C=O) groups is 1. The van der Waals surface area contributed by atoms with Crippen molar-refractivity contribution in [2.75, 3.05) is 5.32 Å². The van der Waals surface area contributed by atoms with Crippen molar-refractivity contribution in [2.45, 2.75) is 13.2 Å². The first-order chi connectivity index (χ1) is 16.5. The summed E-state index contributed by atoms with van der Waals surface area (Å²) < 4.78 is 20.6. The molecule has 0 aliphatic heterocycles. The van der Waals surface area contributed by atoms with E-state index in [1.165, 1.54) is 34.5 Å². The van der Waals surface area contributed by atoms with Crippen LogP contribution in [0.5, 0.6) is 5.75 Å². The highest BCUT2D eigenvalue weighted by molar-refractivity contribution is 7.12. The Kier molecular flexibility index (Phi) is 6.24. The number of amides is 1. The van der Waals surface area contributed by atoms with Gasteiger partial charge in [0.15, 0.2) is 0 Å². The molecule has 0 atom stereocenters. The molecule has 2 aromatic heterocycles. The normalized spacial score (nSPS) is 11.0. The second kappa shape index (κ2) is 9.62. The first kappa shape index (κ1) is 22.1. The third kappa shape index (κ3) is 5.08. The Labute approximate surface area is 203 Å². The lowest BCUT2D eigenvalue weighted by atomic mass is 10.1. The molecule has 1 amide bonds. The van der Waals surface area contributed by atoms with E-state index in [2.05, 4.69) is 21.5 Å². The number of nitrogens with one attached hydrogen (secondary N) is 1. The Morgan fingerprint density at radius 3 is 2.79 bits per heavy atom. The van der Waals surface area contributed by atoms with Gasteiger partial charge in [0, 0.05) is 10.6 Å². The van der Waals surface area contributed by atoms with Crippen LogP contribution in [0.2, 0.25) is 5.02 Å². The molecular weight excluding hydrogens is 475 g/mol. The van der Waals surface area contributed by atoms with Gasteiger partial charge in [0.25, 0.3) is 5.91 Å². The van der Waals surface area contributed by atoms with Crippen molar-refractivity contribution < 1.29 is 13.9 Å². The number of benzene rings is 3. The zero-order chi connectivity index (χ0) is 23.5. The van der Waals surface area contributed by atoms with E-state index in [-0.39, 0.29) is 11.9 Å². The number of nitrogens with zero attached hydrogens (tertiary/aromatic N) is 3. The van der Waals surface area contributed by atoms with Crippen LogP contribution in [0.25, 0.3) is 10.8 Å². The standard InChI is InChI=1S/C25H18ClFN4O2S/c26-22-11-20(27)7-5-19(22)12-31-15-28-25(30-31)29-24(32)23-9-16(14-34-23)13-33-21-8-6-17-3-1-2-4-18(17)10-21/h1-11,14-15H,12-13H2,(H,29,30,32). The van der Waals surface area contributed by atoms with Gasteiger partial charge in [-0.25, -0.2) is 14.1 Å². The number of rotatable bonds is 7. The van der Waals surface area contributed by atoms with Crippen LogP contribution in [-0.2, 0) is 13.2 Å². The number of ether oxygens (including phenoxy) is 1. The van der Waals surface area contributed by atoms with E-state index in [4.69, 9.17) is 16.3 Å². The maximum absolute atomic E-state index is 13.2. The molecule has 0 bridgehead atoms. The van der Waals surface area contributed by atoms with Gasteiger partial charge in [-0.3, -0.25) is 10.1 Å². The number of fused-ring (bicyclic) bond motifs is 1. The molecular formula is C25H18ClFN4O2S. The molecule has 3 aromatic carbocycles. The van der Waals surface area contributed by atoms with E-state index >= 15 is 0 Å². The molecule has 0 aliphatic rings. The van der Waals surface area contributed by atoms with E-state index in [0.717, 1.165) is 22.1 Å². The highest BCUT2D eigenvalue weighted by atomic mass is 35.5. The SMILES string of the molecule is O=C(Nc1ncn(Cc2ccc(F)cc2Cl)n1)c1cc(COc2ccc3ccccc3c2)cs1. The molecule has 34 heavy (non-hydrogen) atoms. The zero-order valence-corrected chi connectivity index (χ0v) is 19.3. The lowest BCUT2D eigenvalue weighted by molar-refractivity contribution is 0.102. The van der Waals surface area contributed by atoms with E-state index in [1.54, 1.807) is 12.1 Å². The summed E-state index contributed by atoms with van der Waals surface area (Å²) in [7, 11) is 0. The average molecular weight is 493 g/mol. The lowest BCUT2D eigenvalue weighted by Gasteiger charge is -2.06. The van der Waals surface area contributed by atoms with Gasteiger partial charge in [-0.05, 0) is 52.0 Å². The fourth-order valence-corrected chi connectivity index (χ4v) is 4.43. The predicted molar refractivity (Wildman–Crippen MR) is 131 cm³/mol. The number of thiophene rings is 1. The Hall–Kier alpha value is -3.75. The van der Waals surface area contributed by atoms with E-state index in [0.29, 0.717) is 28.6 Å². The topological polar surface area (TPSA) is 69.0 Å². The molecule has 0 saturated heterocycles. The molecule has 0 unspecified atom stereocenters. The van der Waals surface area contributed by atoms with Crippen molar-refractivity contribution in [1.82, 2.24) is 14.8 Å². The number of hydrogen-bond donors (Lipinski definition) is 1. The van der Waals surface area contributed by atoms with Crippen molar-refractivity contribution in [2.24, 2.45) is 0 Å². The maximum Gasteiger partial charge on any atom is 0.268 e. The summed E-state index contributed by atoms with van der Waals surface area (Å²) in [6, 6.07) is 20.0. The van der Waals surface area contributed by atoms with E-state index in [1.807, 2.05) is 41.8 Å². The van der Waals surface area contributed by atoms with Gasteiger partial charge in [0.05, 0.1) is 11.4 Å². The van der Waals surface area contributed by atoms with Gasteiger partial charge in [-0.2, -0.15) is 0 Å². The Morgan fingerprint density at radius 2 is 1.94 bits per heavy atom. The molecule has 1 N–H and O–H groups in total. The molecule has 0 spiro atoms. The van der Waals surface area contributed by atoms with Gasteiger partial charge >= 0.3 is 0 Å². The highest BCUT2D eigenvalue weighted by Crippen LogP contribution is 2.23. The van der Waals surface area contributed by atoms with Crippen molar-refractivity contribution in [3.05, 3.63) is 105 Å². The molecule has 0 radical (unpaired) electrons. The summed E-state index contributed by atoms with van der Waals surface area (Å²) in [5, 5.41) is 11.4. The fraction of sp³-hybridized carbons (Fsp3) is 0.0800. The van der Waals surface area contributed by atoms with E-state index < -0.39 is 5.82 Å². The Morgan fingerprint density at radius 1 is 1.09 bits per heavy atom. The minimum atomic E-state index is -0.404. The van der Waals surface area contributed by atoms with Gasteiger partial charge in [0.2, 0.25) is 5.95 Å². The smallest absolute Gasteiger partial charge is 0.268 e. The van der Waals surface area contributed by atoms with Crippen LogP contribution >= 0.6 is 22.9 Å². The summed E-state index contributed by atoms with van der Waals surface area (Å²) in [6.45, 7) is 0.657. The number of anilines is 1. The maximum atomic E-state index is 13.2. The quantitative estimate of drug-likeness (QED) is 0.295. The van der Waals surface area contributed by atoms with Crippen molar-refractivity contribution in [3.63, 3.8) is 0 Å². The largest absolute Gasteiger partial charge is 0.489 e. The summed E-state index contributed by atoms with van der Waals surface area (Å²) in [5.41, 5.74) is 1.59. The van der Waals surface area contributed by atoms with Gasteiger partial charge < -0.3 is 4.74 Å². The Bertz CT molecular complexity index is 1480. The van der Waals surface area contributed by atoms with Crippen molar-refractivity contribution >= 4 is 45.6 Å². The van der Waals surface area contributed by atoms with Crippen LogP contribution in [0, 0.1) is 5.82 Å². The molecule has 2 heterocycles. The number of aromatic nitrogens is 3. The minimum absolute atomic E-state index is 0.172. The molecule has 0 saturated carbocycles. The van der Waals surface area contributed by atoms with Gasteiger partial charge in [0.1, 0.15) is 24.5 Å². The second-order valence-electron chi connectivity index (χ2n) is 7.57. The third-order valence-corrected chi connectivity index (χ3v) is 6.44. The number of hydrogen-bond acceptors (Lipinski definition) is 5. The molecule has 0 fully saturated rings. The molecule has 170 valence electrons. The zero-order valence-electron chi connectivity index (χ0n) is 17.7. The van der Waals surface area contributed by atoms with Crippen LogP contribution in [0.4, 0.5) is 10.3 Å². The molecule has 9 heteroatoms. The highest BCUT2D eigenvalue weighted by Gasteiger charge is 2.13. The van der Waals surface area contributed by atoms with Crippen LogP contribution < -0.4 is 10.1 Å². The average Bonchev–Trinajstić information content (AvgIpc) is 3.49. The number of carbonyl (C=O) groups excluding carboxylic acids is 1. The monoisotopic (exact) mass is 492 g/mol. The van der Waals surface area contributed by atoms with E-state index in [9.17, 15) is 9.18 Å².